The molecule has 94 valence electrons. The SMILES string of the molecule is CCNC(C)(Cc1ccc(OC)cc1)C(=O)O. The predicted molar refractivity (Wildman–Crippen MR) is 66.4 cm³/mol. The van der Waals surface area contributed by atoms with Crippen molar-refractivity contribution in [3.63, 3.8) is 0 Å². The van der Waals surface area contributed by atoms with E-state index < -0.39 is 11.5 Å². The minimum Gasteiger partial charge on any atom is -0.497 e. The molecule has 0 saturated carbocycles. The van der Waals surface area contributed by atoms with Gasteiger partial charge in [-0.05, 0) is 31.2 Å². The molecule has 0 aromatic heterocycles. The molecule has 17 heavy (non-hydrogen) atoms. The maximum Gasteiger partial charge on any atom is 0.323 e. The van der Waals surface area contributed by atoms with Crippen LogP contribution in [0.2, 0.25) is 0 Å². The Labute approximate surface area is 102 Å². The number of likely N-dealkylation sites (N-methyl/N-ethyl adjacent to an activating group) is 1. The summed E-state index contributed by atoms with van der Waals surface area (Å²) in [7, 11) is 1.61. The van der Waals surface area contributed by atoms with E-state index in [1.807, 2.05) is 31.2 Å². The Kier molecular flexibility index (Phi) is 4.52. The Balaban J connectivity index is 2.82. The summed E-state index contributed by atoms with van der Waals surface area (Å²) < 4.78 is 5.06. The second-order valence-electron chi connectivity index (χ2n) is 4.19. The van der Waals surface area contributed by atoms with Gasteiger partial charge < -0.3 is 15.2 Å². The lowest BCUT2D eigenvalue weighted by Crippen LogP contribution is -2.51. The van der Waals surface area contributed by atoms with Crippen molar-refractivity contribution in [1.29, 1.82) is 0 Å². The van der Waals surface area contributed by atoms with Crippen molar-refractivity contribution in [3.8, 4) is 5.75 Å². The van der Waals surface area contributed by atoms with Crippen LogP contribution in [0.5, 0.6) is 5.75 Å². The normalized spacial score (nSPS) is 14.1. The first-order valence-electron chi connectivity index (χ1n) is 5.63. The molecule has 1 unspecified atom stereocenters. The number of hydrogen-bond acceptors (Lipinski definition) is 3. The van der Waals surface area contributed by atoms with Gasteiger partial charge in [-0.3, -0.25) is 4.79 Å². The lowest BCUT2D eigenvalue weighted by Gasteiger charge is -2.25. The number of benzene rings is 1. The van der Waals surface area contributed by atoms with Crippen molar-refractivity contribution >= 4 is 5.97 Å². The highest BCUT2D eigenvalue weighted by Gasteiger charge is 2.31. The number of methoxy groups -OCH3 is 1. The Bertz CT molecular complexity index is 375. The average Bonchev–Trinajstić information content (AvgIpc) is 2.30. The third-order valence-electron chi connectivity index (χ3n) is 2.76. The summed E-state index contributed by atoms with van der Waals surface area (Å²) in [4.78, 5) is 11.3. The van der Waals surface area contributed by atoms with Crippen molar-refractivity contribution in [1.82, 2.24) is 5.32 Å². The minimum atomic E-state index is -0.927. The van der Waals surface area contributed by atoms with Crippen LogP contribution in [0, 0.1) is 0 Å². The van der Waals surface area contributed by atoms with E-state index in [-0.39, 0.29) is 0 Å². The van der Waals surface area contributed by atoms with E-state index in [0.29, 0.717) is 13.0 Å². The van der Waals surface area contributed by atoms with Crippen molar-refractivity contribution < 1.29 is 14.6 Å². The number of carboxylic acids is 1. The van der Waals surface area contributed by atoms with Gasteiger partial charge in [0.05, 0.1) is 7.11 Å². The standard InChI is InChI=1S/C13H19NO3/c1-4-14-13(2,12(15)16)9-10-5-7-11(17-3)8-6-10/h5-8,14H,4,9H2,1-3H3,(H,15,16). The average molecular weight is 237 g/mol. The summed E-state index contributed by atoms with van der Waals surface area (Å²) in [5, 5.41) is 12.2. The Morgan fingerprint density at radius 2 is 2.00 bits per heavy atom. The molecule has 0 bridgehead atoms. The van der Waals surface area contributed by atoms with E-state index >= 15 is 0 Å². The minimum absolute atomic E-state index is 0.445. The first kappa shape index (κ1) is 13.5. The highest BCUT2D eigenvalue weighted by molar-refractivity contribution is 5.78. The Morgan fingerprint density at radius 3 is 2.41 bits per heavy atom. The number of hydrogen-bond donors (Lipinski definition) is 2. The van der Waals surface area contributed by atoms with Crippen molar-refractivity contribution in [2.24, 2.45) is 0 Å². The fraction of sp³-hybridized carbons (Fsp3) is 0.462. The van der Waals surface area contributed by atoms with Gasteiger partial charge in [0, 0.05) is 6.42 Å². The van der Waals surface area contributed by atoms with Gasteiger partial charge in [0.15, 0.2) is 0 Å². The van der Waals surface area contributed by atoms with Gasteiger partial charge in [0.25, 0.3) is 0 Å². The third-order valence-corrected chi connectivity index (χ3v) is 2.76. The number of carbonyl (C=O) groups is 1. The molecule has 0 amide bonds. The predicted octanol–water partition coefficient (Wildman–Crippen LogP) is 1.69. The van der Waals surface area contributed by atoms with E-state index in [1.54, 1.807) is 14.0 Å². The molecule has 4 heteroatoms. The highest BCUT2D eigenvalue weighted by Crippen LogP contribution is 2.17. The number of nitrogens with one attached hydrogen (secondary N) is 1. The molecule has 0 spiro atoms. The zero-order chi connectivity index (χ0) is 12.9. The van der Waals surface area contributed by atoms with Crippen molar-refractivity contribution in [2.75, 3.05) is 13.7 Å². The van der Waals surface area contributed by atoms with E-state index in [2.05, 4.69) is 5.32 Å². The number of aliphatic carboxylic acids is 1. The first-order chi connectivity index (χ1) is 8.01. The second kappa shape index (κ2) is 5.68. The van der Waals surface area contributed by atoms with Crippen LogP contribution in [-0.2, 0) is 11.2 Å². The van der Waals surface area contributed by atoms with Crippen molar-refractivity contribution in [2.45, 2.75) is 25.8 Å². The van der Waals surface area contributed by atoms with Gasteiger partial charge in [-0.2, -0.15) is 0 Å². The molecular formula is C13H19NO3. The fourth-order valence-electron chi connectivity index (χ4n) is 1.76. The van der Waals surface area contributed by atoms with Crippen LogP contribution in [0.3, 0.4) is 0 Å². The molecule has 2 N–H and O–H groups in total. The van der Waals surface area contributed by atoms with Gasteiger partial charge in [-0.1, -0.05) is 19.1 Å². The van der Waals surface area contributed by atoms with Crippen LogP contribution in [0.15, 0.2) is 24.3 Å². The number of ether oxygens (including phenoxy) is 1. The molecule has 0 saturated heterocycles. The molecule has 0 aliphatic rings. The van der Waals surface area contributed by atoms with Crippen LogP contribution >= 0.6 is 0 Å². The van der Waals surface area contributed by atoms with E-state index in [1.165, 1.54) is 0 Å². The lowest BCUT2D eigenvalue weighted by molar-refractivity contribution is -0.144. The van der Waals surface area contributed by atoms with Gasteiger partial charge in [-0.25, -0.2) is 0 Å². The lowest BCUT2D eigenvalue weighted by atomic mass is 9.93. The van der Waals surface area contributed by atoms with E-state index in [0.717, 1.165) is 11.3 Å². The molecule has 0 heterocycles. The number of carboxylic acid groups (broad SMARTS) is 1. The maximum atomic E-state index is 11.3. The quantitative estimate of drug-likeness (QED) is 0.790. The first-order valence-corrected chi connectivity index (χ1v) is 5.63. The van der Waals surface area contributed by atoms with Crippen LogP contribution in [0.4, 0.5) is 0 Å². The van der Waals surface area contributed by atoms with Gasteiger partial charge in [-0.15, -0.1) is 0 Å². The Hall–Kier alpha value is -1.55. The molecule has 1 rings (SSSR count). The zero-order valence-electron chi connectivity index (χ0n) is 10.5. The highest BCUT2D eigenvalue weighted by atomic mass is 16.5. The van der Waals surface area contributed by atoms with Gasteiger partial charge >= 0.3 is 5.97 Å². The second-order valence-corrected chi connectivity index (χ2v) is 4.19. The van der Waals surface area contributed by atoms with E-state index in [9.17, 15) is 9.90 Å². The van der Waals surface area contributed by atoms with Crippen LogP contribution in [0.1, 0.15) is 19.4 Å². The molecule has 0 fully saturated rings. The smallest absolute Gasteiger partial charge is 0.323 e. The van der Waals surface area contributed by atoms with Gasteiger partial charge in [0.1, 0.15) is 11.3 Å². The van der Waals surface area contributed by atoms with Gasteiger partial charge in [0.2, 0.25) is 0 Å². The molecule has 1 aromatic rings. The molecular weight excluding hydrogens is 218 g/mol. The fourth-order valence-corrected chi connectivity index (χ4v) is 1.76. The van der Waals surface area contributed by atoms with E-state index in [4.69, 9.17) is 4.74 Å². The summed E-state index contributed by atoms with van der Waals surface area (Å²) in [6, 6.07) is 7.45. The summed E-state index contributed by atoms with van der Waals surface area (Å²) in [5.74, 6) is -0.0654. The maximum absolute atomic E-state index is 11.3. The molecule has 1 atom stereocenters. The van der Waals surface area contributed by atoms with Crippen LogP contribution in [0.25, 0.3) is 0 Å². The summed E-state index contributed by atoms with van der Waals surface area (Å²) in [6.07, 6.45) is 0.445. The molecule has 1 aromatic carbocycles. The van der Waals surface area contributed by atoms with Crippen LogP contribution < -0.4 is 10.1 Å². The summed E-state index contributed by atoms with van der Waals surface area (Å²) in [5.41, 5.74) is 0.0419. The largest absolute Gasteiger partial charge is 0.497 e. The summed E-state index contributed by atoms with van der Waals surface area (Å²) >= 11 is 0. The molecule has 0 radical (unpaired) electrons. The summed E-state index contributed by atoms with van der Waals surface area (Å²) in [6.45, 7) is 4.22. The zero-order valence-corrected chi connectivity index (χ0v) is 10.5. The monoisotopic (exact) mass is 237 g/mol. The number of rotatable bonds is 6. The van der Waals surface area contributed by atoms with Crippen LogP contribution in [-0.4, -0.2) is 30.3 Å². The molecule has 0 aliphatic carbocycles. The topological polar surface area (TPSA) is 58.6 Å². The van der Waals surface area contributed by atoms with Crippen molar-refractivity contribution in [3.05, 3.63) is 29.8 Å². The molecule has 4 nitrogen and oxygen atoms in total. The molecule has 0 aliphatic heterocycles. The Morgan fingerprint density at radius 1 is 1.41 bits per heavy atom. The third kappa shape index (κ3) is 3.46.